The molecular formula is C56H40N2. The molecule has 0 fully saturated rings. The van der Waals surface area contributed by atoms with Crippen molar-refractivity contribution in [2.45, 2.75) is 0 Å². The molecule has 2 heteroatoms. The molecule has 2 nitrogen and oxygen atoms in total. The number of para-hydroxylation sites is 2. The van der Waals surface area contributed by atoms with E-state index in [0.717, 1.165) is 34.1 Å². The van der Waals surface area contributed by atoms with Crippen LogP contribution < -0.4 is 9.80 Å². The molecule has 0 unspecified atom stereocenters. The van der Waals surface area contributed by atoms with Crippen LogP contribution in [0.1, 0.15) is 0 Å². The first-order valence-corrected chi connectivity index (χ1v) is 19.8. The molecule has 10 aromatic rings. The monoisotopic (exact) mass is 740 g/mol. The predicted molar refractivity (Wildman–Crippen MR) is 247 cm³/mol. The Balaban J connectivity index is 0.868. The molecule has 0 amide bonds. The minimum absolute atomic E-state index is 1.12. The van der Waals surface area contributed by atoms with Crippen LogP contribution in [0.25, 0.3) is 54.9 Å². The standard InChI is InChI=1S/C56H40N2/c1-3-15-51(16-4-1)57(55-37-31-41-11-7-9-13-49(41)39-55)53-33-27-47(28-34-53)45-23-19-43(20-24-45)44-21-25-46(26-22-44)48-29-35-54(36-30-48)58(52-17-5-2-6-18-52)56-38-32-42-12-8-10-14-50(42)40-56/h1-40H. The van der Waals surface area contributed by atoms with Gasteiger partial charge in [-0.15, -0.1) is 0 Å². The van der Waals surface area contributed by atoms with Crippen LogP contribution in [-0.2, 0) is 0 Å². The van der Waals surface area contributed by atoms with Crippen LogP contribution in [0.15, 0.2) is 243 Å². The van der Waals surface area contributed by atoms with Crippen molar-refractivity contribution in [2.75, 3.05) is 9.80 Å². The highest BCUT2D eigenvalue weighted by molar-refractivity contribution is 5.91. The van der Waals surface area contributed by atoms with Crippen molar-refractivity contribution in [1.29, 1.82) is 0 Å². The van der Waals surface area contributed by atoms with Crippen LogP contribution in [-0.4, -0.2) is 0 Å². The minimum atomic E-state index is 1.12. The van der Waals surface area contributed by atoms with E-state index in [1.54, 1.807) is 0 Å². The van der Waals surface area contributed by atoms with Crippen LogP contribution in [0.5, 0.6) is 0 Å². The van der Waals surface area contributed by atoms with E-state index >= 15 is 0 Å². The molecule has 274 valence electrons. The Bertz CT molecular complexity index is 2750. The lowest BCUT2D eigenvalue weighted by molar-refractivity contribution is 1.29. The van der Waals surface area contributed by atoms with E-state index < -0.39 is 0 Å². The van der Waals surface area contributed by atoms with Crippen LogP contribution in [0.4, 0.5) is 34.1 Å². The summed E-state index contributed by atoms with van der Waals surface area (Å²) in [4.78, 5) is 4.64. The molecule has 0 atom stereocenters. The highest BCUT2D eigenvalue weighted by Crippen LogP contribution is 2.39. The lowest BCUT2D eigenvalue weighted by Crippen LogP contribution is -2.09. The summed E-state index contributed by atoms with van der Waals surface area (Å²) in [5, 5.41) is 4.93. The number of hydrogen-bond donors (Lipinski definition) is 0. The summed E-state index contributed by atoms with van der Waals surface area (Å²) in [6.07, 6.45) is 0. The summed E-state index contributed by atoms with van der Waals surface area (Å²) >= 11 is 0. The van der Waals surface area contributed by atoms with Crippen molar-refractivity contribution in [3.8, 4) is 33.4 Å². The minimum Gasteiger partial charge on any atom is -0.310 e. The van der Waals surface area contributed by atoms with Crippen LogP contribution in [0.2, 0.25) is 0 Å². The molecule has 0 aromatic heterocycles. The van der Waals surface area contributed by atoms with Gasteiger partial charge in [0.25, 0.3) is 0 Å². The second kappa shape index (κ2) is 15.5. The van der Waals surface area contributed by atoms with Crippen molar-refractivity contribution in [3.05, 3.63) is 243 Å². The quantitative estimate of drug-likeness (QED) is 0.145. The number of benzene rings is 10. The van der Waals surface area contributed by atoms with Gasteiger partial charge in [0.2, 0.25) is 0 Å². The van der Waals surface area contributed by atoms with Crippen molar-refractivity contribution in [1.82, 2.24) is 0 Å². The van der Waals surface area contributed by atoms with Gasteiger partial charge in [-0.1, -0.05) is 170 Å². The van der Waals surface area contributed by atoms with Crippen LogP contribution in [0.3, 0.4) is 0 Å². The molecule has 0 aliphatic heterocycles. The first-order chi connectivity index (χ1) is 28.7. The normalized spacial score (nSPS) is 11.1. The molecule has 10 aromatic carbocycles. The van der Waals surface area contributed by atoms with E-state index in [9.17, 15) is 0 Å². The molecule has 0 bridgehead atoms. The van der Waals surface area contributed by atoms with Gasteiger partial charge >= 0.3 is 0 Å². The van der Waals surface area contributed by atoms with Gasteiger partial charge < -0.3 is 9.80 Å². The summed E-state index contributed by atoms with van der Waals surface area (Å²) in [5.74, 6) is 0. The van der Waals surface area contributed by atoms with Crippen molar-refractivity contribution in [2.24, 2.45) is 0 Å². The maximum Gasteiger partial charge on any atom is 0.0468 e. The fourth-order valence-corrected chi connectivity index (χ4v) is 8.00. The van der Waals surface area contributed by atoms with Gasteiger partial charge in [-0.3, -0.25) is 0 Å². The lowest BCUT2D eigenvalue weighted by Gasteiger charge is -2.26. The van der Waals surface area contributed by atoms with E-state index in [0.29, 0.717) is 0 Å². The Kier molecular flexibility index (Phi) is 9.27. The first kappa shape index (κ1) is 34.8. The zero-order valence-electron chi connectivity index (χ0n) is 32.0. The third kappa shape index (κ3) is 7.00. The zero-order valence-corrected chi connectivity index (χ0v) is 32.0. The van der Waals surface area contributed by atoms with Gasteiger partial charge in [-0.05, 0) is 128 Å². The Morgan fingerprint density at radius 2 is 0.414 bits per heavy atom. The first-order valence-electron chi connectivity index (χ1n) is 19.8. The second-order valence-electron chi connectivity index (χ2n) is 14.7. The SMILES string of the molecule is c1ccc(N(c2ccc(-c3ccc(-c4ccc(-c5ccc(N(c6ccccc6)c6ccc7ccccc7c6)cc5)cc4)cc3)cc2)c2ccc3ccccc3c2)cc1. The molecule has 10 rings (SSSR count). The van der Waals surface area contributed by atoms with Gasteiger partial charge in [-0.2, -0.15) is 0 Å². The summed E-state index contributed by atoms with van der Waals surface area (Å²) < 4.78 is 0. The van der Waals surface area contributed by atoms with E-state index in [2.05, 4.69) is 252 Å². The van der Waals surface area contributed by atoms with Crippen molar-refractivity contribution < 1.29 is 0 Å². The fraction of sp³-hybridized carbons (Fsp3) is 0. The van der Waals surface area contributed by atoms with Crippen molar-refractivity contribution in [3.63, 3.8) is 0 Å². The molecule has 0 saturated carbocycles. The molecule has 0 N–H and O–H groups in total. The van der Waals surface area contributed by atoms with Crippen LogP contribution >= 0.6 is 0 Å². The topological polar surface area (TPSA) is 6.48 Å². The van der Waals surface area contributed by atoms with Gasteiger partial charge in [-0.25, -0.2) is 0 Å². The Morgan fingerprint density at radius 1 is 0.172 bits per heavy atom. The van der Waals surface area contributed by atoms with E-state index in [4.69, 9.17) is 0 Å². The Hall–Kier alpha value is -7.68. The van der Waals surface area contributed by atoms with Crippen LogP contribution in [0, 0.1) is 0 Å². The molecule has 58 heavy (non-hydrogen) atoms. The maximum atomic E-state index is 2.32. The number of rotatable bonds is 9. The summed E-state index contributed by atoms with van der Waals surface area (Å²) in [7, 11) is 0. The number of nitrogens with zero attached hydrogens (tertiary/aromatic N) is 2. The van der Waals surface area contributed by atoms with E-state index in [1.807, 2.05) is 0 Å². The predicted octanol–water partition coefficient (Wildman–Crippen LogP) is 15.9. The highest BCUT2D eigenvalue weighted by atomic mass is 15.1. The summed E-state index contributed by atoms with van der Waals surface area (Å²) in [6, 6.07) is 87.2. The van der Waals surface area contributed by atoms with Crippen molar-refractivity contribution >= 4 is 55.7 Å². The average molecular weight is 741 g/mol. The smallest absolute Gasteiger partial charge is 0.0468 e. The fourth-order valence-electron chi connectivity index (χ4n) is 8.00. The largest absolute Gasteiger partial charge is 0.310 e. The third-order valence-electron chi connectivity index (χ3n) is 11.0. The average Bonchev–Trinajstić information content (AvgIpc) is 3.30. The lowest BCUT2D eigenvalue weighted by atomic mass is 9.97. The Morgan fingerprint density at radius 3 is 0.741 bits per heavy atom. The molecule has 0 aliphatic carbocycles. The van der Waals surface area contributed by atoms with Gasteiger partial charge in [0.15, 0.2) is 0 Å². The van der Waals surface area contributed by atoms with Gasteiger partial charge in [0.1, 0.15) is 0 Å². The van der Waals surface area contributed by atoms with Gasteiger partial charge in [0, 0.05) is 34.1 Å². The summed E-state index contributed by atoms with van der Waals surface area (Å²) in [5.41, 5.74) is 13.9. The second-order valence-corrected chi connectivity index (χ2v) is 14.7. The third-order valence-corrected chi connectivity index (χ3v) is 11.0. The van der Waals surface area contributed by atoms with E-state index in [1.165, 1.54) is 54.9 Å². The van der Waals surface area contributed by atoms with Gasteiger partial charge in [0.05, 0.1) is 0 Å². The maximum absolute atomic E-state index is 2.32. The molecule has 0 aliphatic rings. The molecule has 0 radical (unpaired) electrons. The number of fused-ring (bicyclic) bond motifs is 2. The molecule has 0 heterocycles. The number of anilines is 6. The summed E-state index contributed by atoms with van der Waals surface area (Å²) in [6.45, 7) is 0. The van der Waals surface area contributed by atoms with E-state index in [-0.39, 0.29) is 0 Å². The molecule has 0 spiro atoms. The Labute approximate surface area is 340 Å². The number of hydrogen-bond acceptors (Lipinski definition) is 2. The molecular weight excluding hydrogens is 701 g/mol. The zero-order chi connectivity index (χ0) is 38.7. The molecule has 0 saturated heterocycles. The highest BCUT2D eigenvalue weighted by Gasteiger charge is 2.15.